The van der Waals surface area contributed by atoms with Crippen LogP contribution in [0.3, 0.4) is 0 Å². The van der Waals surface area contributed by atoms with Crippen LogP contribution in [0.25, 0.3) is 0 Å². The number of pyridine rings is 2. The molecule has 1 aliphatic heterocycles. The van der Waals surface area contributed by atoms with Crippen LogP contribution < -0.4 is 15.0 Å². The number of benzene rings is 1. The summed E-state index contributed by atoms with van der Waals surface area (Å²) in [5.41, 5.74) is 1.92. The number of amides is 2. The minimum Gasteiger partial charge on any atom is -0.489 e. The van der Waals surface area contributed by atoms with E-state index in [0.717, 1.165) is 5.56 Å². The first-order chi connectivity index (χ1) is 17.6. The van der Waals surface area contributed by atoms with Crippen LogP contribution in [-0.4, -0.2) is 52.2 Å². The van der Waals surface area contributed by atoms with Gasteiger partial charge >= 0.3 is 0 Å². The second-order valence-electron chi connectivity index (χ2n) is 9.08. The largest absolute Gasteiger partial charge is 0.489 e. The molecule has 0 unspecified atom stereocenters. The van der Waals surface area contributed by atoms with E-state index in [4.69, 9.17) is 10.00 Å². The van der Waals surface area contributed by atoms with Gasteiger partial charge in [-0.25, -0.2) is 4.98 Å². The lowest BCUT2D eigenvalue weighted by Gasteiger charge is -2.20. The highest BCUT2D eigenvalue weighted by atomic mass is 16.5. The molecule has 3 heterocycles. The van der Waals surface area contributed by atoms with Crippen molar-refractivity contribution in [3.63, 3.8) is 0 Å². The Morgan fingerprint density at radius 3 is 2.84 bits per heavy atom. The molecule has 4 rings (SSSR count). The zero-order valence-corrected chi connectivity index (χ0v) is 20.6. The van der Waals surface area contributed by atoms with Crippen LogP contribution in [0, 0.1) is 23.2 Å². The number of ether oxygens (including phenoxy) is 1. The van der Waals surface area contributed by atoms with Gasteiger partial charge in [-0.15, -0.1) is 0 Å². The van der Waals surface area contributed by atoms with E-state index < -0.39 is 17.6 Å². The number of hydrogen-bond donors (Lipinski definition) is 2. The standard InChI is InChI=1S/C28H25N5O4/c1-28(2,36)11-9-18-7-8-25-24(15-18)33(3)27(35)23(17-37-25)32-26(34)22-14-19(10-12-30-22)13-20-5-4-6-21(16-29)31-20/h4-8,10,12,14-15,23,36H,13,17H2,1-3H3,(H,32,34)/t23-/m0/s1. The summed E-state index contributed by atoms with van der Waals surface area (Å²) in [7, 11) is 1.60. The van der Waals surface area contributed by atoms with Gasteiger partial charge < -0.3 is 20.1 Å². The summed E-state index contributed by atoms with van der Waals surface area (Å²) in [4.78, 5) is 36.0. The molecule has 0 saturated carbocycles. The molecule has 37 heavy (non-hydrogen) atoms. The molecule has 0 bridgehead atoms. The number of fused-ring (bicyclic) bond motifs is 1. The molecule has 2 N–H and O–H groups in total. The third-order valence-electron chi connectivity index (χ3n) is 5.54. The van der Waals surface area contributed by atoms with Gasteiger partial charge in [0.1, 0.15) is 41.5 Å². The molecule has 0 radical (unpaired) electrons. The molecule has 9 heteroatoms. The van der Waals surface area contributed by atoms with Crippen molar-refractivity contribution in [3.8, 4) is 23.7 Å². The first kappa shape index (κ1) is 25.4. The van der Waals surface area contributed by atoms with Crippen LogP contribution in [0.15, 0.2) is 54.7 Å². The highest BCUT2D eigenvalue weighted by Crippen LogP contribution is 2.31. The molecule has 0 aliphatic carbocycles. The first-order valence-corrected chi connectivity index (χ1v) is 11.5. The molecular formula is C28H25N5O4. The Balaban J connectivity index is 1.48. The second-order valence-corrected chi connectivity index (χ2v) is 9.08. The van der Waals surface area contributed by atoms with Crippen molar-refractivity contribution in [2.24, 2.45) is 0 Å². The fourth-order valence-electron chi connectivity index (χ4n) is 3.69. The van der Waals surface area contributed by atoms with E-state index in [2.05, 4.69) is 27.1 Å². The van der Waals surface area contributed by atoms with Crippen molar-refractivity contribution < 1.29 is 19.4 Å². The number of carbonyl (C=O) groups is 2. The van der Waals surface area contributed by atoms with E-state index >= 15 is 0 Å². The minimum absolute atomic E-state index is 0.0544. The van der Waals surface area contributed by atoms with Crippen molar-refractivity contribution in [1.82, 2.24) is 15.3 Å². The van der Waals surface area contributed by atoms with Crippen LogP contribution >= 0.6 is 0 Å². The first-order valence-electron chi connectivity index (χ1n) is 11.5. The Kier molecular flexibility index (Phi) is 7.19. The maximum absolute atomic E-state index is 13.2. The molecule has 1 aliphatic rings. The molecule has 1 atom stereocenters. The number of rotatable bonds is 4. The second kappa shape index (κ2) is 10.5. The monoisotopic (exact) mass is 495 g/mol. The summed E-state index contributed by atoms with van der Waals surface area (Å²) in [5, 5.41) is 21.6. The number of nitriles is 1. The maximum Gasteiger partial charge on any atom is 0.270 e. The predicted octanol–water partition coefficient (Wildman–Crippen LogP) is 2.22. The van der Waals surface area contributed by atoms with Gasteiger partial charge in [-0.2, -0.15) is 5.26 Å². The summed E-state index contributed by atoms with van der Waals surface area (Å²) in [6, 6.07) is 14.8. The third-order valence-corrected chi connectivity index (χ3v) is 5.54. The van der Waals surface area contributed by atoms with E-state index in [1.807, 2.05) is 6.07 Å². The van der Waals surface area contributed by atoms with Crippen molar-refractivity contribution in [2.45, 2.75) is 31.9 Å². The molecule has 3 aromatic rings. The van der Waals surface area contributed by atoms with Crippen LogP contribution in [0.5, 0.6) is 5.75 Å². The van der Waals surface area contributed by atoms with E-state index in [1.54, 1.807) is 69.4 Å². The molecule has 1 aromatic carbocycles. The van der Waals surface area contributed by atoms with Crippen LogP contribution in [0.1, 0.15) is 46.9 Å². The van der Waals surface area contributed by atoms with Gasteiger partial charge in [0.05, 0.1) is 5.69 Å². The van der Waals surface area contributed by atoms with E-state index in [9.17, 15) is 14.7 Å². The Bertz CT molecular complexity index is 1460. The number of hydrogen-bond acceptors (Lipinski definition) is 7. The Hall–Kier alpha value is -4.73. The molecule has 0 spiro atoms. The average Bonchev–Trinajstić information content (AvgIpc) is 2.99. The highest BCUT2D eigenvalue weighted by molar-refractivity contribution is 6.03. The van der Waals surface area contributed by atoms with Gasteiger partial charge in [0.15, 0.2) is 0 Å². The normalized spacial score (nSPS) is 14.8. The summed E-state index contributed by atoms with van der Waals surface area (Å²) >= 11 is 0. The molecule has 0 saturated heterocycles. The van der Waals surface area contributed by atoms with Crippen molar-refractivity contribution in [2.75, 3.05) is 18.6 Å². The summed E-state index contributed by atoms with van der Waals surface area (Å²) in [6.45, 7) is 3.12. The molecule has 9 nitrogen and oxygen atoms in total. The van der Waals surface area contributed by atoms with E-state index in [-0.39, 0.29) is 18.2 Å². The average molecular weight is 496 g/mol. The summed E-state index contributed by atoms with van der Waals surface area (Å²) in [6.07, 6.45) is 1.93. The number of nitrogens with zero attached hydrogens (tertiary/aromatic N) is 4. The van der Waals surface area contributed by atoms with Crippen LogP contribution in [0.4, 0.5) is 5.69 Å². The molecule has 2 amide bonds. The van der Waals surface area contributed by atoms with Gasteiger partial charge in [0.25, 0.3) is 11.8 Å². The van der Waals surface area contributed by atoms with E-state index in [0.29, 0.717) is 34.8 Å². The van der Waals surface area contributed by atoms with Gasteiger partial charge in [-0.1, -0.05) is 17.9 Å². The maximum atomic E-state index is 13.2. The smallest absolute Gasteiger partial charge is 0.270 e. The van der Waals surface area contributed by atoms with Gasteiger partial charge in [-0.3, -0.25) is 14.6 Å². The Morgan fingerprint density at radius 2 is 2.08 bits per heavy atom. The zero-order valence-electron chi connectivity index (χ0n) is 20.6. The fraction of sp³-hybridized carbons (Fsp3) is 0.250. The summed E-state index contributed by atoms with van der Waals surface area (Å²) < 4.78 is 5.83. The van der Waals surface area contributed by atoms with Crippen molar-refractivity contribution >= 4 is 17.5 Å². The topological polar surface area (TPSA) is 128 Å². The SMILES string of the molecule is CN1C(=O)[C@@H](NC(=O)c2cc(Cc3cccc(C#N)n3)ccn2)COc2ccc(C#CC(C)(C)O)cc21. The quantitative estimate of drug-likeness (QED) is 0.531. The van der Waals surface area contributed by atoms with Crippen molar-refractivity contribution in [3.05, 3.63) is 82.9 Å². The van der Waals surface area contributed by atoms with Crippen molar-refractivity contribution in [1.29, 1.82) is 5.26 Å². The number of anilines is 1. The number of likely N-dealkylation sites (N-methyl/N-ethyl adjacent to an activating group) is 1. The molecular weight excluding hydrogens is 470 g/mol. The predicted molar refractivity (Wildman–Crippen MR) is 136 cm³/mol. The lowest BCUT2D eigenvalue weighted by molar-refractivity contribution is -0.120. The van der Waals surface area contributed by atoms with Gasteiger partial charge in [0, 0.05) is 30.9 Å². The third kappa shape index (κ3) is 6.29. The Labute approximate surface area is 214 Å². The number of aliphatic hydroxyl groups is 1. The van der Waals surface area contributed by atoms with Crippen LogP contribution in [-0.2, 0) is 11.2 Å². The highest BCUT2D eigenvalue weighted by Gasteiger charge is 2.31. The molecule has 0 fully saturated rings. The number of nitrogens with one attached hydrogen (secondary N) is 1. The zero-order chi connectivity index (χ0) is 26.6. The van der Waals surface area contributed by atoms with Gasteiger partial charge in [-0.05, 0) is 61.9 Å². The van der Waals surface area contributed by atoms with E-state index in [1.165, 1.54) is 11.1 Å². The molecule has 186 valence electrons. The minimum atomic E-state index is -1.15. The lowest BCUT2D eigenvalue weighted by atomic mass is 10.1. The Morgan fingerprint density at radius 1 is 1.27 bits per heavy atom. The molecule has 2 aromatic heterocycles. The van der Waals surface area contributed by atoms with Crippen LogP contribution in [0.2, 0.25) is 0 Å². The van der Waals surface area contributed by atoms with Gasteiger partial charge in [0.2, 0.25) is 0 Å². The lowest BCUT2D eigenvalue weighted by Crippen LogP contribution is -2.49. The fourth-order valence-corrected chi connectivity index (χ4v) is 3.69. The summed E-state index contributed by atoms with van der Waals surface area (Å²) in [5.74, 6) is 5.25. The number of aromatic nitrogens is 2. The number of carbonyl (C=O) groups excluding carboxylic acids is 2.